The largest absolute Gasteiger partial charge is 0.505 e. The molecule has 2 N–H and O–H groups in total. The number of hydrogen-bond donors (Lipinski definition) is 2. The van der Waals surface area contributed by atoms with E-state index in [2.05, 4.69) is 10.3 Å². The number of phenols is 1. The molecule has 1 atom stereocenters. The molecule has 0 saturated carbocycles. The SMILES string of the molecule is CCOCC(=O)NC(c1ccc(OC)cc1)c1cc(Cl)c2cccnc2c1O. The molecule has 0 saturated heterocycles. The van der Waals surface area contributed by atoms with E-state index in [1.165, 1.54) is 0 Å². The van der Waals surface area contributed by atoms with Crippen molar-refractivity contribution >= 4 is 28.4 Å². The highest BCUT2D eigenvalue weighted by molar-refractivity contribution is 6.35. The van der Waals surface area contributed by atoms with E-state index >= 15 is 0 Å². The molecule has 2 aromatic carbocycles. The second kappa shape index (κ2) is 8.91. The Morgan fingerprint density at radius 1 is 1.29 bits per heavy atom. The monoisotopic (exact) mass is 400 g/mol. The van der Waals surface area contributed by atoms with Crippen LogP contribution in [0.2, 0.25) is 5.02 Å². The number of fused-ring (bicyclic) bond motifs is 1. The van der Waals surface area contributed by atoms with Crippen LogP contribution in [0.1, 0.15) is 24.1 Å². The van der Waals surface area contributed by atoms with Gasteiger partial charge in [-0.05, 0) is 42.8 Å². The highest BCUT2D eigenvalue weighted by Gasteiger charge is 2.23. The Kier molecular flexibility index (Phi) is 6.34. The lowest BCUT2D eigenvalue weighted by atomic mass is 9.96. The number of aromatic hydroxyl groups is 1. The van der Waals surface area contributed by atoms with E-state index in [1.54, 1.807) is 43.6 Å². The van der Waals surface area contributed by atoms with E-state index < -0.39 is 6.04 Å². The van der Waals surface area contributed by atoms with Crippen LogP contribution in [-0.4, -0.2) is 36.3 Å². The van der Waals surface area contributed by atoms with Crippen molar-refractivity contribution in [2.45, 2.75) is 13.0 Å². The molecule has 7 heteroatoms. The van der Waals surface area contributed by atoms with Crippen molar-refractivity contribution in [3.8, 4) is 11.5 Å². The molecule has 0 aliphatic carbocycles. The molecule has 0 radical (unpaired) electrons. The zero-order valence-corrected chi connectivity index (χ0v) is 16.4. The fourth-order valence-electron chi connectivity index (χ4n) is 2.96. The van der Waals surface area contributed by atoms with Crippen molar-refractivity contribution in [2.24, 2.45) is 0 Å². The third kappa shape index (κ3) is 4.18. The predicted molar refractivity (Wildman–Crippen MR) is 108 cm³/mol. The van der Waals surface area contributed by atoms with Crippen molar-refractivity contribution < 1.29 is 19.4 Å². The van der Waals surface area contributed by atoms with Crippen LogP contribution in [0.25, 0.3) is 10.9 Å². The highest BCUT2D eigenvalue weighted by atomic mass is 35.5. The summed E-state index contributed by atoms with van der Waals surface area (Å²) in [7, 11) is 1.58. The smallest absolute Gasteiger partial charge is 0.246 e. The van der Waals surface area contributed by atoms with E-state index in [0.29, 0.717) is 33.8 Å². The number of rotatable bonds is 7. The van der Waals surface area contributed by atoms with Crippen molar-refractivity contribution in [3.63, 3.8) is 0 Å². The maximum atomic E-state index is 12.4. The Bertz CT molecular complexity index is 976. The number of phenolic OH excluding ortho intramolecular Hbond substituents is 1. The van der Waals surface area contributed by atoms with Gasteiger partial charge in [-0.15, -0.1) is 0 Å². The van der Waals surface area contributed by atoms with Gasteiger partial charge in [-0.2, -0.15) is 0 Å². The number of ether oxygens (including phenoxy) is 2. The minimum Gasteiger partial charge on any atom is -0.505 e. The molecule has 1 aromatic heterocycles. The summed E-state index contributed by atoms with van der Waals surface area (Å²) in [6, 6.07) is 11.8. The van der Waals surface area contributed by atoms with Gasteiger partial charge in [0.2, 0.25) is 5.91 Å². The maximum absolute atomic E-state index is 12.4. The summed E-state index contributed by atoms with van der Waals surface area (Å²) in [5.74, 6) is 0.349. The Morgan fingerprint density at radius 3 is 2.71 bits per heavy atom. The van der Waals surface area contributed by atoms with Crippen molar-refractivity contribution in [1.29, 1.82) is 0 Å². The molecule has 0 bridgehead atoms. The van der Waals surface area contributed by atoms with Crippen LogP contribution in [0.4, 0.5) is 0 Å². The minimum atomic E-state index is -0.636. The molecule has 1 unspecified atom stereocenters. The molecule has 0 aliphatic heterocycles. The van der Waals surface area contributed by atoms with Gasteiger partial charge in [-0.3, -0.25) is 9.78 Å². The molecule has 0 spiro atoms. The van der Waals surface area contributed by atoms with Gasteiger partial charge in [0, 0.05) is 23.8 Å². The zero-order valence-electron chi connectivity index (χ0n) is 15.6. The van der Waals surface area contributed by atoms with E-state index in [4.69, 9.17) is 21.1 Å². The fraction of sp³-hybridized carbons (Fsp3) is 0.238. The molecule has 6 nitrogen and oxygen atoms in total. The van der Waals surface area contributed by atoms with E-state index in [9.17, 15) is 9.90 Å². The first-order valence-corrected chi connectivity index (χ1v) is 9.20. The number of methoxy groups -OCH3 is 1. The van der Waals surface area contributed by atoms with E-state index in [-0.39, 0.29) is 18.3 Å². The molecule has 1 amide bonds. The van der Waals surface area contributed by atoms with Crippen LogP contribution in [0.15, 0.2) is 48.7 Å². The molecule has 0 aliphatic rings. The number of carbonyl (C=O) groups is 1. The van der Waals surface area contributed by atoms with Crippen molar-refractivity contribution in [1.82, 2.24) is 10.3 Å². The lowest BCUT2D eigenvalue weighted by molar-refractivity contribution is -0.126. The van der Waals surface area contributed by atoms with E-state index in [1.807, 2.05) is 19.1 Å². The Hall–Kier alpha value is -2.83. The van der Waals surface area contributed by atoms with Crippen LogP contribution in [0, 0.1) is 0 Å². The third-order valence-corrected chi connectivity index (χ3v) is 4.66. The number of nitrogens with one attached hydrogen (secondary N) is 1. The average molecular weight is 401 g/mol. The Morgan fingerprint density at radius 2 is 2.04 bits per heavy atom. The van der Waals surface area contributed by atoms with Gasteiger partial charge in [0.15, 0.2) is 0 Å². The summed E-state index contributed by atoms with van der Waals surface area (Å²) in [5.41, 5.74) is 1.58. The molecule has 0 fully saturated rings. The first-order chi connectivity index (χ1) is 13.5. The van der Waals surface area contributed by atoms with Gasteiger partial charge in [-0.25, -0.2) is 0 Å². The summed E-state index contributed by atoms with van der Waals surface area (Å²) in [6.45, 7) is 2.16. The van der Waals surface area contributed by atoms with Crippen LogP contribution < -0.4 is 10.1 Å². The maximum Gasteiger partial charge on any atom is 0.246 e. The normalized spacial score (nSPS) is 12.0. The summed E-state index contributed by atoms with van der Waals surface area (Å²) in [6.07, 6.45) is 1.58. The number of hydrogen-bond acceptors (Lipinski definition) is 5. The number of halogens is 1. The fourth-order valence-corrected chi connectivity index (χ4v) is 3.23. The summed E-state index contributed by atoms with van der Waals surface area (Å²) in [5, 5.41) is 14.8. The first kappa shape index (κ1) is 19.9. The van der Waals surface area contributed by atoms with Crippen LogP contribution in [-0.2, 0) is 9.53 Å². The van der Waals surface area contributed by atoms with Gasteiger partial charge in [0.25, 0.3) is 0 Å². The Labute approximate surface area is 168 Å². The topological polar surface area (TPSA) is 80.7 Å². The summed E-state index contributed by atoms with van der Waals surface area (Å²) in [4.78, 5) is 16.6. The van der Waals surface area contributed by atoms with Crippen molar-refractivity contribution in [3.05, 3.63) is 64.8 Å². The number of aromatic nitrogens is 1. The predicted octanol–water partition coefficient (Wildman–Crippen LogP) is 3.84. The van der Waals surface area contributed by atoms with Gasteiger partial charge in [-0.1, -0.05) is 23.7 Å². The van der Waals surface area contributed by atoms with Gasteiger partial charge < -0.3 is 19.9 Å². The quantitative estimate of drug-likeness (QED) is 0.629. The second-order valence-corrected chi connectivity index (χ2v) is 6.51. The highest BCUT2D eigenvalue weighted by Crippen LogP contribution is 2.38. The number of carbonyl (C=O) groups excluding carboxylic acids is 1. The van der Waals surface area contributed by atoms with Gasteiger partial charge in [0.1, 0.15) is 23.6 Å². The second-order valence-electron chi connectivity index (χ2n) is 6.11. The van der Waals surface area contributed by atoms with Crippen LogP contribution in [0.3, 0.4) is 0 Å². The van der Waals surface area contributed by atoms with Crippen molar-refractivity contribution in [2.75, 3.05) is 20.3 Å². The minimum absolute atomic E-state index is 0.0301. The number of nitrogens with zero attached hydrogens (tertiary/aromatic N) is 1. The average Bonchev–Trinajstić information content (AvgIpc) is 2.73. The standard InChI is InChI=1S/C21H21ClN2O4/c1-3-28-12-18(25)24-19(13-6-8-14(27-2)9-7-13)16-11-17(22)15-5-4-10-23-20(15)21(16)26/h4-11,19,26H,3,12H2,1-2H3,(H,24,25). The molecule has 28 heavy (non-hydrogen) atoms. The summed E-state index contributed by atoms with van der Waals surface area (Å²) < 4.78 is 10.4. The molecular formula is C21H21ClN2O4. The van der Waals surface area contributed by atoms with Gasteiger partial charge in [0.05, 0.1) is 18.2 Å². The zero-order chi connectivity index (χ0) is 20.1. The van der Waals surface area contributed by atoms with E-state index in [0.717, 1.165) is 5.56 Å². The third-order valence-electron chi connectivity index (χ3n) is 4.35. The molecule has 3 aromatic rings. The summed E-state index contributed by atoms with van der Waals surface area (Å²) >= 11 is 6.43. The molecular weight excluding hydrogens is 380 g/mol. The molecule has 1 heterocycles. The molecule has 3 rings (SSSR count). The number of pyridine rings is 1. The molecule has 146 valence electrons. The van der Waals surface area contributed by atoms with Gasteiger partial charge >= 0.3 is 0 Å². The lowest BCUT2D eigenvalue weighted by Gasteiger charge is -2.22. The number of amides is 1. The first-order valence-electron chi connectivity index (χ1n) is 8.82. The number of benzene rings is 2. The Balaban J connectivity index is 2.08. The lowest BCUT2D eigenvalue weighted by Crippen LogP contribution is -2.32. The van der Waals surface area contributed by atoms with Crippen LogP contribution in [0.5, 0.6) is 11.5 Å². The van der Waals surface area contributed by atoms with Crippen LogP contribution >= 0.6 is 11.6 Å².